The van der Waals surface area contributed by atoms with Crippen LogP contribution in [-0.4, -0.2) is 45.6 Å². The van der Waals surface area contributed by atoms with Crippen molar-refractivity contribution in [3.63, 3.8) is 0 Å². The van der Waals surface area contributed by atoms with Crippen molar-refractivity contribution in [2.45, 2.75) is 18.9 Å². The van der Waals surface area contributed by atoms with E-state index in [1.807, 2.05) is 30.3 Å². The second kappa shape index (κ2) is 9.02. The second-order valence-electron chi connectivity index (χ2n) is 4.34. The molecule has 1 unspecified atom stereocenters. The molecule has 6 nitrogen and oxygen atoms in total. The number of hydrogen-bond acceptors (Lipinski definition) is 4. The smallest absolute Gasteiger partial charge is 0.326 e. The van der Waals surface area contributed by atoms with Crippen LogP contribution in [0.5, 0.6) is 0 Å². The van der Waals surface area contributed by atoms with Crippen molar-refractivity contribution in [1.29, 1.82) is 0 Å². The molecule has 1 aromatic carbocycles. The summed E-state index contributed by atoms with van der Waals surface area (Å²) in [5.74, 6) is -2.24. The zero-order valence-corrected chi connectivity index (χ0v) is 12.1. The molecule has 21 heavy (non-hydrogen) atoms. The molecule has 0 saturated heterocycles. The average molecular weight is 311 g/mol. The number of carbonyl (C=O) groups excluding carboxylic acids is 1. The number of hydrogen-bond donors (Lipinski definition) is 3. The zero-order chi connectivity index (χ0) is 15.7. The van der Waals surface area contributed by atoms with Crippen molar-refractivity contribution in [2.75, 3.05) is 11.5 Å². The van der Waals surface area contributed by atoms with Gasteiger partial charge in [0.05, 0.1) is 12.2 Å². The van der Waals surface area contributed by atoms with Gasteiger partial charge in [-0.2, -0.15) is 11.8 Å². The van der Waals surface area contributed by atoms with E-state index in [1.165, 1.54) is 17.3 Å². The Labute approximate surface area is 126 Å². The fourth-order valence-corrected chi connectivity index (χ4v) is 2.40. The molecule has 0 aromatic heterocycles. The monoisotopic (exact) mass is 311 g/mol. The van der Waals surface area contributed by atoms with Gasteiger partial charge in [-0.1, -0.05) is 30.3 Å². The Bertz CT molecular complexity index is 491. The molecule has 1 aromatic rings. The van der Waals surface area contributed by atoms with Crippen LogP contribution in [0.4, 0.5) is 0 Å². The molecule has 0 aliphatic heterocycles. The maximum absolute atomic E-state index is 11.6. The number of rotatable bonds is 9. The fraction of sp³-hybridized carbons (Fsp3) is 0.357. The van der Waals surface area contributed by atoms with Crippen LogP contribution in [0, 0.1) is 0 Å². The van der Waals surface area contributed by atoms with Gasteiger partial charge in [0, 0.05) is 0 Å². The summed E-state index contributed by atoms with van der Waals surface area (Å²) in [5, 5.41) is 19.6. The predicted octanol–water partition coefficient (Wildman–Crippen LogP) is 1.01. The molecule has 1 atom stereocenters. The third-order valence-electron chi connectivity index (χ3n) is 2.62. The van der Waals surface area contributed by atoms with Gasteiger partial charge in [0.2, 0.25) is 5.91 Å². The van der Waals surface area contributed by atoms with Gasteiger partial charge in [0.1, 0.15) is 6.04 Å². The van der Waals surface area contributed by atoms with Gasteiger partial charge in [-0.3, -0.25) is 9.59 Å². The van der Waals surface area contributed by atoms with Crippen LogP contribution in [0.15, 0.2) is 30.3 Å². The highest BCUT2D eigenvalue weighted by molar-refractivity contribution is 7.99. The number of amides is 1. The van der Waals surface area contributed by atoms with E-state index in [4.69, 9.17) is 10.2 Å². The number of nitrogens with one attached hydrogen (secondary N) is 1. The summed E-state index contributed by atoms with van der Waals surface area (Å²) >= 11 is 1.38. The van der Waals surface area contributed by atoms with Gasteiger partial charge in [-0.15, -0.1) is 0 Å². The van der Waals surface area contributed by atoms with E-state index in [0.29, 0.717) is 0 Å². The first kappa shape index (κ1) is 17.0. The number of carboxylic acid groups (broad SMARTS) is 2. The van der Waals surface area contributed by atoms with E-state index in [2.05, 4.69) is 5.32 Å². The van der Waals surface area contributed by atoms with Crippen LogP contribution in [0.25, 0.3) is 0 Å². The van der Waals surface area contributed by atoms with Crippen molar-refractivity contribution in [1.82, 2.24) is 5.32 Å². The standard InChI is InChI=1S/C14H17NO5S/c16-12(15-11(14(19)20)8-13(17)18)9-21-7-6-10-4-2-1-3-5-10/h1-5,11H,6-9H2,(H,15,16)(H,17,18)(H,19,20). The van der Waals surface area contributed by atoms with Crippen LogP contribution >= 0.6 is 11.8 Å². The van der Waals surface area contributed by atoms with Gasteiger partial charge in [0.25, 0.3) is 0 Å². The Morgan fingerprint density at radius 2 is 1.81 bits per heavy atom. The molecule has 0 spiro atoms. The number of thioether (sulfide) groups is 1. The van der Waals surface area contributed by atoms with Crippen LogP contribution in [0.3, 0.4) is 0 Å². The van der Waals surface area contributed by atoms with Gasteiger partial charge < -0.3 is 15.5 Å². The molecular formula is C14H17NO5S. The SMILES string of the molecule is O=C(O)CC(NC(=O)CSCCc1ccccc1)C(=O)O. The lowest BCUT2D eigenvalue weighted by molar-refractivity contribution is -0.147. The largest absolute Gasteiger partial charge is 0.481 e. The Hall–Kier alpha value is -2.02. The molecule has 3 N–H and O–H groups in total. The summed E-state index contributed by atoms with van der Waals surface area (Å²) in [6, 6.07) is 8.41. The van der Waals surface area contributed by atoms with Gasteiger partial charge >= 0.3 is 11.9 Å². The first-order chi connectivity index (χ1) is 9.99. The molecule has 1 amide bonds. The normalized spacial score (nSPS) is 11.6. The minimum absolute atomic E-state index is 0.107. The van der Waals surface area contributed by atoms with Gasteiger partial charge in [0.15, 0.2) is 0 Å². The molecule has 0 aliphatic carbocycles. The second-order valence-corrected chi connectivity index (χ2v) is 5.45. The number of benzene rings is 1. The molecule has 7 heteroatoms. The molecule has 0 saturated carbocycles. The van der Waals surface area contributed by atoms with Crippen LogP contribution in [0.1, 0.15) is 12.0 Å². The highest BCUT2D eigenvalue weighted by Gasteiger charge is 2.22. The first-order valence-electron chi connectivity index (χ1n) is 6.34. The maximum atomic E-state index is 11.6. The molecule has 114 valence electrons. The third-order valence-corrected chi connectivity index (χ3v) is 3.58. The Morgan fingerprint density at radius 1 is 1.14 bits per heavy atom. The average Bonchev–Trinajstić information content (AvgIpc) is 2.43. The highest BCUT2D eigenvalue weighted by atomic mass is 32.2. The number of carboxylic acids is 2. The van der Waals surface area contributed by atoms with Crippen LogP contribution in [-0.2, 0) is 20.8 Å². The quantitative estimate of drug-likeness (QED) is 0.588. The Balaban J connectivity index is 2.26. The molecule has 0 bridgehead atoms. The fourth-order valence-electron chi connectivity index (χ4n) is 1.61. The van der Waals surface area contributed by atoms with Crippen molar-refractivity contribution in [3.8, 4) is 0 Å². The lowest BCUT2D eigenvalue weighted by atomic mass is 10.2. The zero-order valence-electron chi connectivity index (χ0n) is 11.3. The van der Waals surface area contributed by atoms with E-state index in [0.717, 1.165) is 12.2 Å². The van der Waals surface area contributed by atoms with E-state index < -0.39 is 30.3 Å². The minimum atomic E-state index is -1.38. The summed E-state index contributed by atoms with van der Waals surface area (Å²) < 4.78 is 0. The lowest BCUT2D eigenvalue weighted by Gasteiger charge is -2.12. The summed E-state index contributed by atoms with van der Waals surface area (Å²) in [6.45, 7) is 0. The lowest BCUT2D eigenvalue weighted by Crippen LogP contribution is -2.43. The maximum Gasteiger partial charge on any atom is 0.326 e. The van der Waals surface area contributed by atoms with Crippen LogP contribution in [0.2, 0.25) is 0 Å². The van der Waals surface area contributed by atoms with E-state index in [-0.39, 0.29) is 5.75 Å². The summed E-state index contributed by atoms with van der Waals surface area (Å²) in [6.07, 6.45) is 0.187. The molecule has 0 aliphatic rings. The molecular weight excluding hydrogens is 294 g/mol. The van der Waals surface area contributed by atoms with Gasteiger partial charge in [-0.05, 0) is 17.7 Å². The molecule has 1 rings (SSSR count). The van der Waals surface area contributed by atoms with Crippen molar-refractivity contribution in [2.24, 2.45) is 0 Å². The minimum Gasteiger partial charge on any atom is -0.481 e. The summed E-state index contributed by atoms with van der Waals surface area (Å²) in [7, 11) is 0. The van der Waals surface area contributed by atoms with Crippen molar-refractivity contribution in [3.05, 3.63) is 35.9 Å². The Kier molecular flexibility index (Phi) is 7.31. The topological polar surface area (TPSA) is 104 Å². The van der Waals surface area contributed by atoms with E-state index in [9.17, 15) is 14.4 Å². The Morgan fingerprint density at radius 3 is 2.38 bits per heavy atom. The van der Waals surface area contributed by atoms with Gasteiger partial charge in [-0.25, -0.2) is 4.79 Å². The molecule has 0 heterocycles. The number of carbonyl (C=O) groups is 3. The number of aryl methyl sites for hydroxylation is 1. The molecule has 0 fully saturated rings. The van der Waals surface area contributed by atoms with E-state index in [1.54, 1.807) is 0 Å². The van der Waals surface area contributed by atoms with Crippen molar-refractivity contribution < 1.29 is 24.6 Å². The number of aliphatic carboxylic acids is 2. The predicted molar refractivity (Wildman–Crippen MR) is 79.3 cm³/mol. The summed E-state index contributed by atoms with van der Waals surface area (Å²) in [5.41, 5.74) is 1.17. The van der Waals surface area contributed by atoms with Crippen LogP contribution < -0.4 is 5.32 Å². The van der Waals surface area contributed by atoms with Crippen molar-refractivity contribution >= 4 is 29.6 Å². The summed E-state index contributed by atoms with van der Waals surface area (Å²) in [4.78, 5) is 32.9. The highest BCUT2D eigenvalue weighted by Crippen LogP contribution is 2.07. The molecule has 0 radical (unpaired) electrons. The third kappa shape index (κ3) is 7.36. The van der Waals surface area contributed by atoms with E-state index >= 15 is 0 Å². The first-order valence-corrected chi connectivity index (χ1v) is 7.50.